The summed E-state index contributed by atoms with van der Waals surface area (Å²) >= 11 is -4.49. The smallest absolute Gasteiger partial charge is 0.0155 e. The van der Waals surface area contributed by atoms with Crippen molar-refractivity contribution in [3.8, 4) is 0 Å². The van der Waals surface area contributed by atoms with E-state index in [1.165, 1.54) is 56.0 Å². The normalized spacial score (nSPS) is 25.5. The average Bonchev–Trinajstić information content (AvgIpc) is 3.54. The molecule has 1 aromatic carbocycles. The molecule has 1 saturated heterocycles. The third kappa shape index (κ3) is 8.62. The van der Waals surface area contributed by atoms with Gasteiger partial charge in [0, 0.05) is 5.54 Å². The predicted octanol–water partition coefficient (Wildman–Crippen LogP) is 7.05. The van der Waals surface area contributed by atoms with Gasteiger partial charge in [-0.1, -0.05) is 19.8 Å². The molecule has 0 amide bonds. The zero-order chi connectivity index (χ0) is 28.3. The third-order valence-corrected chi connectivity index (χ3v) is 18.0. The van der Waals surface area contributed by atoms with Gasteiger partial charge < -0.3 is 5.73 Å². The van der Waals surface area contributed by atoms with E-state index in [-0.39, 0.29) is 22.1 Å². The Kier molecular flexibility index (Phi) is 10.3. The molecule has 3 atom stereocenters. The van der Waals surface area contributed by atoms with Crippen LogP contribution in [0.25, 0.3) is 0 Å². The number of allylic oxidation sites excluding steroid dienone is 1. The van der Waals surface area contributed by atoms with Gasteiger partial charge in [-0.25, -0.2) is 0 Å². The number of unbranched alkanes of at least 4 members (excludes halogenated alkanes) is 1. The van der Waals surface area contributed by atoms with Crippen molar-refractivity contribution in [2.24, 2.45) is 5.73 Å². The largest absolute Gasteiger partial charge is 0.325 e. The monoisotopic (exact) mass is 644 g/mol. The molecule has 2 fully saturated rings. The molecule has 1 aliphatic heterocycles. The maximum absolute atomic E-state index is 13.7. The van der Waals surface area contributed by atoms with E-state index < -0.39 is 51.9 Å². The molecule has 3 N–H and O–H groups in total. The van der Waals surface area contributed by atoms with E-state index in [9.17, 15) is 29.4 Å². The van der Waals surface area contributed by atoms with Gasteiger partial charge in [0.25, 0.3) is 0 Å². The van der Waals surface area contributed by atoms with Crippen molar-refractivity contribution >= 4 is 28.0 Å². The average molecular weight is 645 g/mol. The summed E-state index contributed by atoms with van der Waals surface area (Å²) in [4.78, 5) is 1.49. The first-order valence-electron chi connectivity index (χ1n) is 12.3. The molecule has 0 aromatic heterocycles. The standard InChI is InChI=1S/C11H15F3NO.C7H4F3.C7H15N.CH3.O.Sb/c1-7-3-4-16-9(5-7)8(2)6-10(15)11(12,13)14;8-7(9,10)6-4-2-1-3-5-6;1-2-3-4-7(8)5-6-7;;;/h6,9,15H,3-5H2,1-2H3;1-2,4-5H;2-6,8H2,1H3;1H3;;/b8-6+,15-10?;;;;;. The molecule has 1 aliphatic carbocycles. The Bertz CT molecular complexity index is 1030. The number of ether oxygens (including phenoxy) is 1. The van der Waals surface area contributed by atoms with Gasteiger partial charge in [0.1, 0.15) is 0 Å². The summed E-state index contributed by atoms with van der Waals surface area (Å²) in [6.45, 7) is 5.43. The molecule has 4 nitrogen and oxygen atoms in total. The Balaban J connectivity index is 0.000000510. The second kappa shape index (κ2) is 11.9. The quantitative estimate of drug-likeness (QED) is 0.190. The second-order valence-corrected chi connectivity index (χ2v) is 20.4. The fraction of sp³-hybridized carbons (Fsp3) is 0.654. The Labute approximate surface area is 218 Å². The number of alkyl halides is 6. The van der Waals surface area contributed by atoms with E-state index in [0.717, 1.165) is 12.1 Å². The summed E-state index contributed by atoms with van der Waals surface area (Å²) < 4.78 is 95.6. The number of nitrogens with two attached hydrogens (primary N) is 1. The number of hydrogen-bond donors (Lipinski definition) is 2. The summed E-state index contributed by atoms with van der Waals surface area (Å²) in [7, 11) is 0. The van der Waals surface area contributed by atoms with Crippen LogP contribution in [0.15, 0.2) is 35.9 Å². The van der Waals surface area contributed by atoms with Crippen LogP contribution < -0.4 is 9.24 Å². The molecule has 0 radical (unpaired) electrons. The fourth-order valence-corrected chi connectivity index (χ4v) is 11.1. The van der Waals surface area contributed by atoms with Gasteiger partial charge in [0.05, 0.1) is 0 Å². The summed E-state index contributed by atoms with van der Waals surface area (Å²) in [5, 5.41) is 7.11. The van der Waals surface area contributed by atoms with E-state index in [1.807, 2.05) is 0 Å². The van der Waals surface area contributed by atoms with Gasteiger partial charge in [-0.2, -0.15) is 0 Å². The second-order valence-electron chi connectivity index (χ2n) is 10.5. The van der Waals surface area contributed by atoms with Crippen molar-refractivity contribution in [2.75, 3.05) is 6.61 Å². The van der Waals surface area contributed by atoms with Crippen LogP contribution in [0.1, 0.15) is 71.3 Å². The number of hydrogen-bond acceptors (Lipinski definition) is 4. The Hall–Kier alpha value is -1.25. The Morgan fingerprint density at radius 3 is 2.35 bits per heavy atom. The molecule has 3 rings (SSSR count). The first-order valence-corrected chi connectivity index (χ1v) is 18.5. The first-order chi connectivity index (χ1) is 16.8. The van der Waals surface area contributed by atoms with Crippen LogP contribution >= 0.6 is 0 Å². The third-order valence-electron chi connectivity index (χ3n) is 7.39. The Morgan fingerprint density at radius 1 is 1.22 bits per heavy atom. The van der Waals surface area contributed by atoms with Crippen LogP contribution in [-0.4, -0.2) is 48.9 Å². The first kappa shape index (κ1) is 32.0. The summed E-state index contributed by atoms with van der Waals surface area (Å²) in [6, 6.07) is 4.47. The molecule has 37 heavy (non-hydrogen) atoms. The maximum atomic E-state index is 13.7. The minimum atomic E-state index is -4.79. The molecule has 11 heteroatoms. The fourth-order valence-electron chi connectivity index (χ4n) is 4.26. The molecule has 0 bridgehead atoms. The van der Waals surface area contributed by atoms with Crippen molar-refractivity contribution in [1.82, 2.24) is 0 Å². The van der Waals surface area contributed by atoms with Crippen LogP contribution in [0.3, 0.4) is 0 Å². The van der Waals surface area contributed by atoms with Crippen LogP contribution in [0.5, 0.6) is 0 Å². The van der Waals surface area contributed by atoms with Gasteiger partial charge in [-0.05, 0) is 19.3 Å². The van der Waals surface area contributed by atoms with Crippen LogP contribution in [-0.2, 0) is 13.9 Å². The van der Waals surface area contributed by atoms with Gasteiger partial charge in [0.2, 0.25) is 0 Å². The molecule has 2 aliphatic rings. The summed E-state index contributed by atoms with van der Waals surface area (Å²) in [5.41, 5.74) is 3.90. The van der Waals surface area contributed by atoms with E-state index in [0.29, 0.717) is 18.0 Å². The minimum Gasteiger partial charge on any atom is -0.325 e. The van der Waals surface area contributed by atoms with Crippen LogP contribution in [0.2, 0.25) is 8.23 Å². The molecule has 1 saturated carbocycles. The van der Waals surface area contributed by atoms with E-state index in [4.69, 9.17) is 15.9 Å². The summed E-state index contributed by atoms with van der Waals surface area (Å²) in [6.07, 6.45) is -2.62. The van der Waals surface area contributed by atoms with E-state index >= 15 is 0 Å². The predicted molar refractivity (Wildman–Crippen MR) is 134 cm³/mol. The molecule has 1 heterocycles. The molecular weight excluding hydrogens is 608 g/mol. The van der Waals surface area contributed by atoms with Gasteiger partial charge in [0.15, 0.2) is 0 Å². The van der Waals surface area contributed by atoms with Gasteiger partial charge in [-0.15, -0.1) is 0 Å². The SMILES string of the molecule is C/C(=C\C(=N)C(F)(F)F)C1C[C](C)([Sb]([CH3])(=[O])[c]2cccc(C(F)(F)F)c2)CCO1.CCCCC1(N)CC1. The van der Waals surface area contributed by atoms with Gasteiger partial charge in [-0.3, -0.25) is 0 Å². The number of rotatable bonds is 7. The molecule has 210 valence electrons. The minimum absolute atomic E-state index is 0.113. The molecular formula is C26H37F6N2O2Sb. The van der Waals surface area contributed by atoms with Crippen molar-refractivity contribution in [3.63, 3.8) is 0 Å². The van der Waals surface area contributed by atoms with Crippen molar-refractivity contribution < 1.29 is 34.1 Å². The molecule has 3 unspecified atom stereocenters. The Morgan fingerprint density at radius 2 is 1.84 bits per heavy atom. The number of nitrogens with one attached hydrogen (secondary N) is 1. The van der Waals surface area contributed by atoms with Crippen molar-refractivity contribution in [3.05, 3.63) is 41.5 Å². The van der Waals surface area contributed by atoms with E-state index in [2.05, 4.69) is 6.92 Å². The van der Waals surface area contributed by atoms with Crippen LogP contribution in [0, 0.1) is 5.41 Å². The van der Waals surface area contributed by atoms with Crippen molar-refractivity contribution in [2.45, 2.75) is 97.9 Å². The maximum Gasteiger partial charge on any atom is 0.0155 e. The van der Waals surface area contributed by atoms with Gasteiger partial charge >= 0.3 is 169 Å². The molecule has 1 aromatic rings. The van der Waals surface area contributed by atoms with Crippen molar-refractivity contribution in [1.29, 1.82) is 5.41 Å². The van der Waals surface area contributed by atoms with Crippen LogP contribution in [0.4, 0.5) is 26.3 Å². The van der Waals surface area contributed by atoms with E-state index in [1.54, 1.807) is 6.92 Å². The zero-order valence-electron chi connectivity index (χ0n) is 21.7. The number of halogens is 6. The topological polar surface area (TPSA) is 76.2 Å². The molecule has 0 spiro atoms. The summed E-state index contributed by atoms with van der Waals surface area (Å²) in [5.74, 6) is 0. The number of benzene rings is 1. The zero-order valence-corrected chi connectivity index (χ0v) is 24.3.